The molecule has 4 nitrogen and oxygen atoms in total. The van der Waals surface area contributed by atoms with Crippen molar-refractivity contribution in [1.82, 2.24) is 9.59 Å². The van der Waals surface area contributed by atoms with E-state index in [9.17, 15) is 4.79 Å². The van der Waals surface area contributed by atoms with Gasteiger partial charge in [0.1, 0.15) is 0 Å². The average Bonchev–Trinajstić information content (AvgIpc) is 2.78. The Balaban J connectivity index is 2.22. The number of amides is 1. The molecule has 0 aliphatic carbocycles. The molecule has 0 aliphatic heterocycles. The van der Waals surface area contributed by atoms with Crippen LogP contribution in [0.2, 0.25) is 0 Å². The van der Waals surface area contributed by atoms with Crippen molar-refractivity contribution in [3.63, 3.8) is 0 Å². The lowest BCUT2D eigenvalue weighted by Gasteiger charge is -2.07. The Morgan fingerprint density at radius 2 is 2.31 bits per heavy atom. The number of benzene rings is 1. The van der Waals surface area contributed by atoms with Crippen molar-refractivity contribution in [2.75, 3.05) is 5.32 Å². The minimum atomic E-state index is -0.250. The number of hydrogen-bond acceptors (Lipinski definition) is 4. The first-order chi connectivity index (χ1) is 7.68. The van der Waals surface area contributed by atoms with E-state index >= 15 is 0 Å². The molecule has 0 bridgehead atoms. The first-order valence-corrected chi connectivity index (χ1v) is 6.15. The lowest BCUT2D eigenvalue weighted by molar-refractivity contribution is 0.102. The predicted octanol–water partition coefficient (Wildman–Crippen LogP) is 2.86. The van der Waals surface area contributed by atoms with Gasteiger partial charge in [0.2, 0.25) is 0 Å². The van der Waals surface area contributed by atoms with Crippen LogP contribution in [0.25, 0.3) is 0 Å². The Labute approximate surface area is 105 Å². The highest BCUT2D eigenvalue weighted by atomic mass is 79.9. The molecule has 2 aromatic rings. The molecule has 1 N–H and O–H groups in total. The quantitative estimate of drug-likeness (QED) is 0.927. The van der Waals surface area contributed by atoms with Gasteiger partial charge in [0.15, 0.2) is 5.69 Å². The maximum absolute atomic E-state index is 11.7. The molecular weight excluding hydrogens is 290 g/mol. The Morgan fingerprint density at radius 3 is 3.00 bits per heavy atom. The molecule has 6 heteroatoms. The molecule has 0 fully saturated rings. The second kappa shape index (κ2) is 4.71. The summed E-state index contributed by atoms with van der Waals surface area (Å²) in [7, 11) is 0. The van der Waals surface area contributed by atoms with Crippen LogP contribution in [0.5, 0.6) is 0 Å². The van der Waals surface area contributed by atoms with Gasteiger partial charge in [0.05, 0.1) is 5.69 Å². The van der Waals surface area contributed by atoms with E-state index in [4.69, 9.17) is 0 Å². The molecule has 0 atom stereocenters. The van der Waals surface area contributed by atoms with Crippen molar-refractivity contribution in [1.29, 1.82) is 0 Å². The van der Waals surface area contributed by atoms with Crippen LogP contribution >= 0.6 is 27.5 Å². The van der Waals surface area contributed by atoms with Gasteiger partial charge in [0.25, 0.3) is 5.91 Å². The van der Waals surface area contributed by atoms with Crippen LogP contribution in [0.1, 0.15) is 16.1 Å². The highest BCUT2D eigenvalue weighted by Gasteiger charge is 2.11. The van der Waals surface area contributed by atoms with Gasteiger partial charge in [-0.1, -0.05) is 16.6 Å². The second-order valence-electron chi connectivity index (χ2n) is 3.18. The molecule has 0 saturated heterocycles. The molecule has 0 spiro atoms. The summed E-state index contributed by atoms with van der Waals surface area (Å²) in [5.41, 5.74) is 2.13. The van der Waals surface area contributed by atoms with Crippen LogP contribution < -0.4 is 5.32 Å². The number of halogens is 1. The van der Waals surface area contributed by atoms with Crippen LogP contribution in [0.3, 0.4) is 0 Å². The number of rotatable bonds is 2. The van der Waals surface area contributed by atoms with E-state index in [1.807, 2.05) is 25.1 Å². The van der Waals surface area contributed by atoms with E-state index in [-0.39, 0.29) is 5.91 Å². The minimum Gasteiger partial charge on any atom is -0.320 e. The zero-order chi connectivity index (χ0) is 11.5. The van der Waals surface area contributed by atoms with Crippen molar-refractivity contribution >= 4 is 39.1 Å². The van der Waals surface area contributed by atoms with Gasteiger partial charge in [-0.25, -0.2) is 0 Å². The van der Waals surface area contributed by atoms with E-state index in [2.05, 4.69) is 30.8 Å². The third-order valence-corrected chi connectivity index (χ3v) is 3.59. The molecular formula is C10H8BrN3OS. The molecule has 1 amide bonds. The van der Waals surface area contributed by atoms with Crippen molar-refractivity contribution in [3.8, 4) is 0 Å². The van der Waals surface area contributed by atoms with Crippen LogP contribution in [0.15, 0.2) is 28.1 Å². The highest BCUT2D eigenvalue weighted by molar-refractivity contribution is 9.10. The third-order valence-electron chi connectivity index (χ3n) is 2.03. The smallest absolute Gasteiger partial charge is 0.277 e. The molecule has 0 saturated carbocycles. The van der Waals surface area contributed by atoms with Crippen LogP contribution in [0, 0.1) is 6.92 Å². The minimum absolute atomic E-state index is 0.250. The normalized spacial score (nSPS) is 10.1. The van der Waals surface area contributed by atoms with E-state index in [0.717, 1.165) is 27.3 Å². The van der Waals surface area contributed by atoms with Crippen molar-refractivity contribution < 1.29 is 4.79 Å². The molecule has 0 unspecified atom stereocenters. The summed E-state index contributed by atoms with van der Waals surface area (Å²) < 4.78 is 4.53. The Bertz CT molecular complexity index is 513. The summed E-state index contributed by atoms with van der Waals surface area (Å²) in [6.07, 6.45) is 0. The zero-order valence-electron chi connectivity index (χ0n) is 8.40. The van der Waals surface area contributed by atoms with Gasteiger partial charge in [0, 0.05) is 9.85 Å². The third kappa shape index (κ3) is 2.28. The first-order valence-electron chi connectivity index (χ1n) is 4.52. The van der Waals surface area contributed by atoms with Crippen molar-refractivity contribution in [2.24, 2.45) is 0 Å². The maximum atomic E-state index is 11.7. The summed E-state index contributed by atoms with van der Waals surface area (Å²) in [6.45, 7) is 1.96. The fourth-order valence-corrected chi connectivity index (χ4v) is 1.99. The van der Waals surface area contributed by atoms with E-state index < -0.39 is 0 Å². The predicted molar refractivity (Wildman–Crippen MR) is 66.7 cm³/mol. The molecule has 1 aromatic heterocycles. The van der Waals surface area contributed by atoms with E-state index in [1.165, 1.54) is 0 Å². The van der Waals surface area contributed by atoms with Gasteiger partial charge in [-0.2, -0.15) is 0 Å². The molecule has 0 aliphatic rings. The standard InChI is InChI=1S/C10H8BrN3OS/c1-6-3-2-4-7(9(6)11)12-10(15)8-5-16-14-13-8/h2-5H,1H3,(H,12,15). The number of nitrogens with zero attached hydrogens (tertiary/aromatic N) is 2. The van der Waals surface area contributed by atoms with Gasteiger partial charge < -0.3 is 5.32 Å². The molecule has 1 heterocycles. The summed E-state index contributed by atoms with van der Waals surface area (Å²) in [4.78, 5) is 11.7. The van der Waals surface area contributed by atoms with E-state index in [0.29, 0.717) is 5.69 Å². The Kier molecular flexibility index (Phi) is 3.31. The summed E-state index contributed by atoms with van der Waals surface area (Å²) in [5, 5.41) is 8.09. The van der Waals surface area contributed by atoms with Crippen LogP contribution in [-0.2, 0) is 0 Å². The number of carbonyl (C=O) groups is 1. The number of hydrogen-bond donors (Lipinski definition) is 1. The fraction of sp³-hybridized carbons (Fsp3) is 0.100. The zero-order valence-corrected chi connectivity index (χ0v) is 10.8. The monoisotopic (exact) mass is 297 g/mol. The maximum Gasteiger partial charge on any atom is 0.277 e. The SMILES string of the molecule is Cc1cccc(NC(=O)c2csnn2)c1Br. The highest BCUT2D eigenvalue weighted by Crippen LogP contribution is 2.25. The van der Waals surface area contributed by atoms with Gasteiger partial charge in [-0.3, -0.25) is 4.79 Å². The molecule has 2 rings (SSSR count). The summed E-state index contributed by atoms with van der Waals surface area (Å²) in [5.74, 6) is -0.250. The lowest BCUT2D eigenvalue weighted by atomic mass is 10.2. The lowest BCUT2D eigenvalue weighted by Crippen LogP contribution is -2.12. The molecule has 1 aromatic carbocycles. The number of aryl methyl sites for hydroxylation is 1. The first kappa shape index (κ1) is 11.2. The van der Waals surface area contributed by atoms with Gasteiger partial charge >= 0.3 is 0 Å². The van der Waals surface area contributed by atoms with Gasteiger partial charge in [-0.15, -0.1) is 5.10 Å². The number of anilines is 1. The number of aromatic nitrogens is 2. The molecule has 16 heavy (non-hydrogen) atoms. The molecule has 82 valence electrons. The Hall–Kier alpha value is -1.27. The Morgan fingerprint density at radius 1 is 1.50 bits per heavy atom. The largest absolute Gasteiger partial charge is 0.320 e. The fourth-order valence-electron chi connectivity index (χ4n) is 1.19. The van der Waals surface area contributed by atoms with Crippen LogP contribution in [0.4, 0.5) is 5.69 Å². The van der Waals surface area contributed by atoms with Gasteiger partial charge in [-0.05, 0) is 46.0 Å². The summed E-state index contributed by atoms with van der Waals surface area (Å²) in [6, 6.07) is 5.67. The van der Waals surface area contributed by atoms with Crippen LogP contribution in [-0.4, -0.2) is 15.5 Å². The summed E-state index contributed by atoms with van der Waals surface area (Å²) >= 11 is 4.58. The van der Waals surface area contributed by atoms with Crippen molar-refractivity contribution in [2.45, 2.75) is 6.92 Å². The van der Waals surface area contributed by atoms with Crippen molar-refractivity contribution in [3.05, 3.63) is 39.3 Å². The average molecular weight is 298 g/mol. The second-order valence-corrected chi connectivity index (χ2v) is 4.58. The number of nitrogens with one attached hydrogen (secondary N) is 1. The number of carbonyl (C=O) groups excluding carboxylic acids is 1. The topological polar surface area (TPSA) is 54.9 Å². The van der Waals surface area contributed by atoms with E-state index in [1.54, 1.807) is 5.38 Å². The molecule has 0 radical (unpaired) electrons.